The Balaban J connectivity index is 0.00000130. The fraction of sp³-hybridized carbons (Fsp3) is 0.200. The summed E-state index contributed by atoms with van der Waals surface area (Å²) in [4.78, 5) is 0. The monoisotopic (exact) mass is 546 g/mol. The maximum absolute atomic E-state index is 2.40. The molecule has 0 amide bonds. The van der Waals surface area contributed by atoms with Gasteiger partial charge in [0.25, 0.3) is 0 Å². The molecule has 6 rings (SSSR count). The second kappa shape index (κ2) is 9.18. The molecule has 0 saturated heterocycles. The fourth-order valence-corrected chi connectivity index (χ4v) is 10.4. The summed E-state index contributed by atoms with van der Waals surface area (Å²) in [6, 6.07) is 9.41. The van der Waals surface area contributed by atoms with Crippen LogP contribution in [0.3, 0.4) is 0 Å². The van der Waals surface area contributed by atoms with Crippen LogP contribution in [0.5, 0.6) is 0 Å². The molecule has 0 aliphatic heterocycles. The first-order valence-corrected chi connectivity index (χ1v) is 13.7. The van der Waals surface area contributed by atoms with Gasteiger partial charge < -0.3 is 24.8 Å². The van der Waals surface area contributed by atoms with Crippen molar-refractivity contribution in [2.24, 2.45) is 0 Å². The van der Waals surface area contributed by atoms with Gasteiger partial charge in [-0.05, 0) is 0 Å². The fourth-order valence-electron chi connectivity index (χ4n) is 5.64. The summed E-state index contributed by atoms with van der Waals surface area (Å²) < 4.78 is 3.40. The molecule has 164 valence electrons. The molecule has 0 fully saturated rings. The Morgan fingerprint density at radius 2 is 1.00 bits per heavy atom. The third kappa shape index (κ3) is 3.60. The number of aryl methyl sites for hydroxylation is 2. The quantitative estimate of drug-likeness (QED) is 0.535. The minimum absolute atomic E-state index is 0. The summed E-state index contributed by atoms with van der Waals surface area (Å²) in [6.45, 7) is 9.20. The van der Waals surface area contributed by atoms with E-state index in [9.17, 15) is 0 Å². The van der Waals surface area contributed by atoms with Crippen molar-refractivity contribution in [2.75, 3.05) is 0 Å². The number of benzene rings is 2. The van der Waals surface area contributed by atoms with Crippen LogP contribution in [-0.4, -0.2) is 0 Å². The average Bonchev–Trinajstić information content (AvgIpc) is 3.28. The minimum Gasteiger partial charge on any atom is -1.00 e. The molecule has 0 heterocycles. The van der Waals surface area contributed by atoms with Crippen LogP contribution in [0, 0.1) is 27.7 Å². The summed E-state index contributed by atoms with van der Waals surface area (Å²) in [7, 11) is 0. The van der Waals surface area contributed by atoms with E-state index in [2.05, 4.69) is 101 Å². The zero-order chi connectivity index (χ0) is 21.3. The predicted molar refractivity (Wildman–Crippen MR) is 128 cm³/mol. The van der Waals surface area contributed by atoms with Gasteiger partial charge in [-0.1, -0.05) is 0 Å². The van der Waals surface area contributed by atoms with E-state index in [1.165, 1.54) is 33.4 Å². The van der Waals surface area contributed by atoms with Crippen molar-refractivity contribution in [3.8, 4) is 0 Å². The van der Waals surface area contributed by atoms with Gasteiger partial charge in [0.05, 0.1) is 0 Å². The van der Waals surface area contributed by atoms with Gasteiger partial charge in [-0.2, -0.15) is 0 Å². The number of allylic oxidation sites excluding steroid dienone is 10. The van der Waals surface area contributed by atoms with Crippen LogP contribution >= 0.6 is 0 Å². The smallest absolute Gasteiger partial charge is 1.00 e. The van der Waals surface area contributed by atoms with E-state index in [1.807, 2.05) is 0 Å². The summed E-state index contributed by atoms with van der Waals surface area (Å²) in [5.74, 6) is 0.885. The van der Waals surface area contributed by atoms with E-state index >= 15 is 0 Å². The molecular formula is C30H26Cl2Zr. The number of halogens is 2. The molecule has 2 unspecified atom stereocenters. The number of hydrogen-bond acceptors (Lipinski definition) is 0. The van der Waals surface area contributed by atoms with Crippen LogP contribution in [0.25, 0.3) is 6.56 Å². The van der Waals surface area contributed by atoms with Crippen molar-refractivity contribution >= 4 is 6.56 Å². The maximum Gasteiger partial charge on any atom is -1.00 e. The van der Waals surface area contributed by atoms with Crippen LogP contribution in [-0.2, 0) is 23.2 Å². The van der Waals surface area contributed by atoms with Crippen molar-refractivity contribution in [2.45, 2.75) is 39.5 Å². The van der Waals surface area contributed by atoms with E-state index in [0.29, 0.717) is 11.8 Å². The van der Waals surface area contributed by atoms with Gasteiger partial charge in [0.2, 0.25) is 0 Å². The Morgan fingerprint density at radius 3 is 1.42 bits per heavy atom. The second-order valence-electron chi connectivity index (χ2n) is 9.17. The average molecular weight is 549 g/mol. The third-order valence-electron chi connectivity index (χ3n) is 7.58. The molecule has 3 heteroatoms. The molecule has 2 aromatic rings. The molecule has 33 heavy (non-hydrogen) atoms. The molecule has 4 aliphatic rings. The van der Waals surface area contributed by atoms with Crippen LogP contribution in [0.2, 0.25) is 0 Å². The van der Waals surface area contributed by atoms with E-state index in [4.69, 9.17) is 0 Å². The van der Waals surface area contributed by atoms with Gasteiger partial charge in [-0.25, -0.2) is 0 Å². The van der Waals surface area contributed by atoms with Crippen molar-refractivity contribution in [3.05, 3.63) is 129 Å². The van der Waals surface area contributed by atoms with E-state index in [1.54, 1.807) is 28.8 Å². The van der Waals surface area contributed by atoms with E-state index < -0.39 is 23.2 Å². The summed E-state index contributed by atoms with van der Waals surface area (Å²) in [6.07, 6.45) is 18.5. The van der Waals surface area contributed by atoms with Gasteiger partial charge in [0, 0.05) is 0 Å². The molecule has 4 aliphatic carbocycles. The SMILES string of the molecule is Cc1ccc2c(c1C)[C]([Zr+2][C]1=C3C=CC=CC3c3ccc(C)c(C)c31)=C1C=CC=CC12.[Cl-].[Cl-]. The number of rotatable bonds is 2. The first-order chi connectivity index (χ1) is 15.1. The Labute approximate surface area is 221 Å². The number of hydrogen-bond donors (Lipinski definition) is 0. The van der Waals surface area contributed by atoms with E-state index in [-0.39, 0.29) is 24.8 Å². The van der Waals surface area contributed by atoms with Gasteiger partial charge >= 0.3 is 198 Å². The van der Waals surface area contributed by atoms with Crippen LogP contribution in [0.4, 0.5) is 0 Å². The van der Waals surface area contributed by atoms with Gasteiger partial charge in [-0.3, -0.25) is 0 Å². The Bertz CT molecular complexity index is 1240. The Hall–Kier alpha value is -1.66. The summed E-state index contributed by atoms with van der Waals surface area (Å²) in [5, 5.41) is 0. The second-order valence-corrected chi connectivity index (χ2v) is 12.2. The van der Waals surface area contributed by atoms with Gasteiger partial charge in [-0.15, -0.1) is 0 Å². The molecular weight excluding hydrogens is 522 g/mol. The molecule has 0 spiro atoms. The largest absolute Gasteiger partial charge is 1.00 e. The number of fused-ring (bicyclic) bond motifs is 6. The van der Waals surface area contributed by atoms with Gasteiger partial charge in [0.15, 0.2) is 0 Å². The molecule has 2 aromatic carbocycles. The van der Waals surface area contributed by atoms with Crippen LogP contribution < -0.4 is 24.8 Å². The molecule has 0 radical (unpaired) electrons. The predicted octanol–water partition coefficient (Wildman–Crippen LogP) is 1.58. The zero-order valence-electron chi connectivity index (χ0n) is 19.3. The van der Waals surface area contributed by atoms with Crippen molar-refractivity contribution in [1.82, 2.24) is 0 Å². The summed E-state index contributed by atoms with van der Waals surface area (Å²) >= 11 is -1.04. The first-order valence-electron chi connectivity index (χ1n) is 11.2. The maximum atomic E-state index is 2.40. The normalized spacial score (nSPS) is 20.6. The van der Waals surface area contributed by atoms with E-state index in [0.717, 1.165) is 0 Å². The van der Waals surface area contributed by atoms with Crippen molar-refractivity contribution in [3.63, 3.8) is 0 Å². The molecule has 0 bridgehead atoms. The summed E-state index contributed by atoms with van der Waals surface area (Å²) in [5.41, 5.74) is 15.1. The molecule has 0 saturated carbocycles. The first kappa shape index (κ1) is 24.5. The van der Waals surface area contributed by atoms with Crippen LogP contribution in [0.1, 0.15) is 56.3 Å². The molecule has 0 aromatic heterocycles. The van der Waals surface area contributed by atoms with Crippen molar-refractivity contribution in [1.29, 1.82) is 0 Å². The minimum atomic E-state index is -1.04. The zero-order valence-corrected chi connectivity index (χ0v) is 23.3. The standard InChI is InChI=1S/2C15H13.2ClH.Zr/c2*1-10-7-8-14-13-6-4-3-5-12(13)9-15(14)11(10)2;;;/h2*3-8,13H,1-2H3;2*1H;/q;;;;+2/p-2. The van der Waals surface area contributed by atoms with Gasteiger partial charge in [0.1, 0.15) is 0 Å². The molecule has 2 atom stereocenters. The van der Waals surface area contributed by atoms with Crippen molar-refractivity contribution < 1.29 is 48.0 Å². The Morgan fingerprint density at radius 1 is 0.576 bits per heavy atom. The Kier molecular flexibility index (Phi) is 6.81. The third-order valence-corrected chi connectivity index (χ3v) is 11.5. The molecule has 0 N–H and O–H groups in total. The molecule has 0 nitrogen and oxygen atoms in total. The topological polar surface area (TPSA) is 0 Å². The van der Waals surface area contributed by atoms with Crippen LogP contribution in [0.15, 0.2) is 84.0 Å².